The van der Waals surface area contributed by atoms with E-state index in [1.807, 2.05) is 48.2 Å². The minimum Gasteiger partial charge on any atom is -0.487 e. The lowest BCUT2D eigenvalue weighted by Gasteiger charge is -2.28. The van der Waals surface area contributed by atoms with E-state index in [-0.39, 0.29) is 47.1 Å². The molecule has 13 nitrogen and oxygen atoms in total. The molecule has 1 saturated carbocycles. The van der Waals surface area contributed by atoms with Crippen molar-refractivity contribution in [2.75, 3.05) is 16.2 Å². The van der Waals surface area contributed by atoms with E-state index < -0.39 is 34.4 Å². The fourth-order valence-corrected chi connectivity index (χ4v) is 9.23. The van der Waals surface area contributed by atoms with Gasteiger partial charge in [-0.1, -0.05) is 42.5 Å². The molecule has 8 rings (SSSR count). The number of nitrogens with one attached hydrogen (secondary N) is 3. The highest BCUT2D eigenvalue weighted by Crippen LogP contribution is 2.42. The highest BCUT2D eigenvalue weighted by molar-refractivity contribution is 7.92. The molecule has 1 aliphatic carbocycles. The summed E-state index contributed by atoms with van der Waals surface area (Å²) < 4.78 is 52.0. The number of hydrogen-bond donors (Lipinski definition) is 3. The molecule has 0 spiro atoms. The van der Waals surface area contributed by atoms with Gasteiger partial charge in [0.1, 0.15) is 24.6 Å². The van der Waals surface area contributed by atoms with E-state index in [0.29, 0.717) is 46.3 Å². The summed E-state index contributed by atoms with van der Waals surface area (Å²) in [6, 6.07) is 21.6. The van der Waals surface area contributed by atoms with Crippen LogP contribution in [-0.4, -0.2) is 48.4 Å². The van der Waals surface area contributed by atoms with Gasteiger partial charge >= 0.3 is 10.2 Å². The summed E-state index contributed by atoms with van der Waals surface area (Å²) in [5, 5.41) is 11.4. The lowest BCUT2D eigenvalue weighted by molar-refractivity contribution is -0.134. The molecular weight excluding hydrogens is 728 g/mol. The Kier molecular flexibility index (Phi) is 9.49. The van der Waals surface area contributed by atoms with E-state index in [0.717, 1.165) is 42.1 Å². The highest BCUT2D eigenvalue weighted by Gasteiger charge is 2.38. The molecule has 5 aromatic rings. The molecule has 3 aliphatic rings. The molecule has 1 unspecified atom stereocenters. The summed E-state index contributed by atoms with van der Waals surface area (Å²) in [5.74, 6) is -2.39. The van der Waals surface area contributed by atoms with Crippen molar-refractivity contribution < 1.29 is 36.7 Å². The fourth-order valence-electron chi connectivity index (χ4n) is 8.07. The molecule has 2 saturated heterocycles. The van der Waals surface area contributed by atoms with E-state index in [9.17, 15) is 27.6 Å². The van der Waals surface area contributed by atoms with Crippen LogP contribution in [0.15, 0.2) is 72.8 Å². The van der Waals surface area contributed by atoms with E-state index in [4.69, 9.17) is 4.74 Å². The number of hydrogen-bond acceptors (Lipinski definition) is 8. The van der Waals surface area contributed by atoms with Gasteiger partial charge in [-0.15, -0.1) is 0 Å². The predicted octanol–water partition coefficient (Wildman–Crippen LogP) is 5.45. The molecule has 0 radical (unpaired) electrons. The SMILES string of the molecule is Cn1nc(C2CCC(=O)NC2=O)c2ccc([C@H]3CC[C@H](CC(=O)Nc4ccc5c(F)c(N6CC(=O)NS6(=O)=O)c(OCc6ccccc6)cc5c4)CC3)cc21. The Hall–Kier alpha value is -5.83. The molecular formula is C40H39FN6O7S. The average molecular weight is 767 g/mol. The number of piperidine rings is 1. The first-order valence-electron chi connectivity index (χ1n) is 18.3. The molecule has 1 aromatic heterocycles. The Labute approximate surface area is 316 Å². The second kappa shape index (κ2) is 14.4. The number of aryl methyl sites for hydroxylation is 1. The Morgan fingerprint density at radius 3 is 2.44 bits per heavy atom. The van der Waals surface area contributed by atoms with Gasteiger partial charge in [-0.3, -0.25) is 29.2 Å². The fraction of sp³-hybridized carbons (Fsp3) is 0.325. The number of benzene rings is 4. The number of rotatable bonds is 9. The predicted molar refractivity (Wildman–Crippen MR) is 203 cm³/mol. The summed E-state index contributed by atoms with van der Waals surface area (Å²) in [5.41, 5.74) is 3.68. The third kappa shape index (κ3) is 7.23. The highest BCUT2D eigenvalue weighted by atomic mass is 32.2. The Bertz CT molecular complexity index is 2480. The van der Waals surface area contributed by atoms with E-state index in [2.05, 4.69) is 27.9 Å². The third-order valence-corrected chi connectivity index (χ3v) is 12.2. The van der Waals surface area contributed by atoms with Gasteiger partial charge in [0.15, 0.2) is 5.82 Å². The second-order valence-corrected chi connectivity index (χ2v) is 16.1. The standard InChI is InChI=1S/C40H39FN6O7S/c1-46-32-19-26(11-13-30(32)38(44-46)31-15-16-34(48)43-40(31)51)25-9-7-23(8-10-25)17-35(49)42-28-12-14-29-27(18-28)20-33(54-22-24-5-3-2-4-6-24)39(37(29)41)47-21-36(50)45-55(47,52)53/h2-6,11-14,18-20,23,25,31H,7-10,15-17,21-22H2,1H3,(H,42,49)(H,45,50)(H,43,48,51)/t23-,25-,31?. The molecule has 3 N–H and O–H groups in total. The zero-order valence-corrected chi connectivity index (χ0v) is 30.8. The van der Waals surface area contributed by atoms with Crippen molar-refractivity contribution >= 4 is 66.9 Å². The molecule has 3 fully saturated rings. The van der Waals surface area contributed by atoms with Gasteiger partial charge in [-0.2, -0.15) is 13.5 Å². The number of fused-ring (bicyclic) bond motifs is 2. The molecule has 3 heterocycles. The Morgan fingerprint density at radius 1 is 0.945 bits per heavy atom. The first kappa shape index (κ1) is 36.2. The number of anilines is 2. The maximum Gasteiger partial charge on any atom is 0.326 e. The van der Waals surface area contributed by atoms with Crippen LogP contribution >= 0.6 is 0 Å². The zero-order chi connectivity index (χ0) is 38.4. The van der Waals surface area contributed by atoms with Crippen molar-refractivity contribution in [1.29, 1.82) is 0 Å². The van der Waals surface area contributed by atoms with Crippen molar-refractivity contribution in [3.8, 4) is 5.75 Å². The molecule has 1 atom stereocenters. The molecule has 0 bridgehead atoms. The van der Waals surface area contributed by atoms with Crippen LogP contribution in [0.3, 0.4) is 0 Å². The Morgan fingerprint density at radius 2 is 1.71 bits per heavy atom. The molecule has 15 heteroatoms. The first-order chi connectivity index (χ1) is 26.4. The summed E-state index contributed by atoms with van der Waals surface area (Å²) in [6.07, 6.45) is 4.63. The smallest absolute Gasteiger partial charge is 0.326 e. The molecule has 2 aliphatic heterocycles. The topological polar surface area (TPSA) is 169 Å². The van der Waals surface area contributed by atoms with Crippen molar-refractivity contribution in [3.05, 3.63) is 95.4 Å². The summed E-state index contributed by atoms with van der Waals surface area (Å²) in [7, 11) is -2.47. The molecule has 284 valence electrons. The van der Waals surface area contributed by atoms with Crippen LogP contribution in [0.2, 0.25) is 0 Å². The van der Waals surface area contributed by atoms with Crippen molar-refractivity contribution in [2.24, 2.45) is 13.0 Å². The van der Waals surface area contributed by atoms with Crippen molar-refractivity contribution in [3.63, 3.8) is 0 Å². The summed E-state index contributed by atoms with van der Waals surface area (Å²) in [4.78, 5) is 49.5. The number of ether oxygens (including phenoxy) is 1. The monoisotopic (exact) mass is 766 g/mol. The largest absolute Gasteiger partial charge is 0.487 e. The van der Waals surface area contributed by atoms with Crippen molar-refractivity contribution in [2.45, 2.75) is 63.4 Å². The lowest BCUT2D eigenvalue weighted by atomic mass is 9.77. The summed E-state index contributed by atoms with van der Waals surface area (Å²) in [6.45, 7) is -0.564. The van der Waals surface area contributed by atoms with Gasteiger partial charge < -0.3 is 10.1 Å². The maximum absolute atomic E-state index is 16.2. The van der Waals surface area contributed by atoms with Gasteiger partial charge in [0.2, 0.25) is 17.7 Å². The number of imide groups is 1. The maximum atomic E-state index is 16.2. The van der Waals surface area contributed by atoms with Crippen LogP contribution in [0, 0.1) is 11.7 Å². The molecule has 4 amide bonds. The minimum absolute atomic E-state index is 0.0240. The van der Waals surface area contributed by atoms with Crippen molar-refractivity contribution in [1.82, 2.24) is 19.8 Å². The molecule has 4 aromatic carbocycles. The normalized spacial score (nSPS) is 21.1. The first-order valence-corrected chi connectivity index (χ1v) is 19.7. The van der Waals surface area contributed by atoms with Gasteiger partial charge in [-0.05, 0) is 90.8 Å². The van der Waals surface area contributed by atoms with Crippen LogP contribution in [-0.2, 0) is 43.0 Å². The van der Waals surface area contributed by atoms with E-state index in [1.165, 1.54) is 17.7 Å². The number of nitrogens with zero attached hydrogens (tertiary/aromatic N) is 3. The zero-order valence-electron chi connectivity index (χ0n) is 30.0. The number of amides is 4. The quantitative estimate of drug-likeness (QED) is 0.167. The third-order valence-electron chi connectivity index (χ3n) is 10.9. The number of aromatic nitrogens is 2. The van der Waals surface area contributed by atoms with Crippen LogP contribution in [0.25, 0.3) is 21.7 Å². The van der Waals surface area contributed by atoms with Crippen LogP contribution < -0.4 is 24.4 Å². The van der Waals surface area contributed by atoms with Gasteiger partial charge in [0.25, 0.3) is 5.91 Å². The second-order valence-electron chi connectivity index (χ2n) is 14.5. The van der Waals surface area contributed by atoms with Crippen LogP contribution in [0.1, 0.15) is 73.6 Å². The van der Waals surface area contributed by atoms with E-state index in [1.54, 1.807) is 16.8 Å². The average Bonchev–Trinajstić information content (AvgIpc) is 3.63. The van der Waals surface area contributed by atoms with Gasteiger partial charge in [0.05, 0.1) is 17.1 Å². The van der Waals surface area contributed by atoms with Gasteiger partial charge in [0, 0.05) is 36.3 Å². The number of carbonyl (C=O) groups excluding carboxylic acids is 4. The Balaban J connectivity index is 0.938. The number of carbonyl (C=O) groups is 4. The molecule has 55 heavy (non-hydrogen) atoms. The lowest BCUT2D eigenvalue weighted by Crippen LogP contribution is -2.39. The van der Waals surface area contributed by atoms with Crippen LogP contribution in [0.5, 0.6) is 5.75 Å². The van der Waals surface area contributed by atoms with E-state index >= 15 is 4.39 Å². The van der Waals surface area contributed by atoms with Gasteiger partial charge in [-0.25, -0.2) is 13.4 Å². The summed E-state index contributed by atoms with van der Waals surface area (Å²) >= 11 is 0. The van der Waals surface area contributed by atoms with Crippen LogP contribution in [0.4, 0.5) is 15.8 Å². The number of halogens is 1. The minimum atomic E-state index is -4.33.